The van der Waals surface area contributed by atoms with Crippen LogP contribution in [0, 0.1) is 34.5 Å². The van der Waals surface area contributed by atoms with E-state index in [1.165, 1.54) is 33.8 Å². The maximum absolute atomic E-state index is 13.8. The third kappa shape index (κ3) is 5.55. The molecule has 0 aromatic rings. The highest BCUT2D eigenvalue weighted by molar-refractivity contribution is 5.97. The Morgan fingerprint density at radius 2 is 1.68 bits per heavy atom. The molecular formula is C35H46O18. The molecule has 2 saturated carbocycles. The van der Waals surface area contributed by atoms with Gasteiger partial charge >= 0.3 is 23.9 Å². The molecule has 5 fully saturated rings. The molecule has 18 nitrogen and oxygen atoms in total. The van der Waals surface area contributed by atoms with Crippen molar-refractivity contribution in [1.82, 2.24) is 0 Å². The standard InChI is InChI=1S/C35H46O18/c1-12(32(4,5)53-14(3)37)7-19(38)52-25-27-34-11-48-35(27,31(46)47)28(44)24(43)26(34)33(6)9-16(20(39)13(2)15(33)8-18(34)51-29(25)45)49-30-23(42)22(41)21(40)17(10-36)50-30/h7,9,13,15,17-18,21-28,30,36,40-44H,8,10-11H2,1-6H3,(H,46,47)/b12-7+. The normalized spacial score (nSPS) is 46.3. The van der Waals surface area contributed by atoms with E-state index in [0.717, 1.165) is 6.08 Å². The highest BCUT2D eigenvalue weighted by atomic mass is 16.7. The summed E-state index contributed by atoms with van der Waals surface area (Å²) in [4.78, 5) is 65.8. The second kappa shape index (κ2) is 13.1. The number of ketones is 1. The van der Waals surface area contributed by atoms with Crippen LogP contribution < -0.4 is 0 Å². The van der Waals surface area contributed by atoms with Crippen molar-refractivity contribution in [3.05, 3.63) is 23.5 Å². The van der Waals surface area contributed by atoms with Gasteiger partial charge in [0.05, 0.1) is 25.2 Å². The van der Waals surface area contributed by atoms with Crippen molar-refractivity contribution in [1.29, 1.82) is 0 Å². The number of rotatable bonds is 8. The van der Waals surface area contributed by atoms with E-state index in [1.54, 1.807) is 13.8 Å². The number of fused-ring (bicyclic) bond motifs is 2. The number of esters is 3. The van der Waals surface area contributed by atoms with Crippen LogP contribution in [-0.2, 0) is 52.4 Å². The molecule has 0 radical (unpaired) electrons. The quantitative estimate of drug-likeness (QED) is 0.0791. The van der Waals surface area contributed by atoms with Gasteiger partial charge in [0.15, 0.2) is 11.5 Å². The van der Waals surface area contributed by atoms with Crippen LogP contribution in [0.4, 0.5) is 0 Å². The van der Waals surface area contributed by atoms with Crippen LogP contribution in [0.25, 0.3) is 0 Å². The molecule has 18 heteroatoms. The Morgan fingerprint density at radius 1 is 1.02 bits per heavy atom. The molecule has 0 aromatic heterocycles. The lowest BCUT2D eigenvalue weighted by Gasteiger charge is -2.67. The largest absolute Gasteiger partial charge is 0.479 e. The smallest absolute Gasteiger partial charge is 0.348 e. The van der Waals surface area contributed by atoms with Crippen LogP contribution in [0.2, 0.25) is 0 Å². The lowest BCUT2D eigenvalue weighted by molar-refractivity contribution is -0.296. The molecule has 3 heterocycles. The number of aliphatic hydroxyl groups is 6. The monoisotopic (exact) mass is 754 g/mol. The van der Waals surface area contributed by atoms with Crippen LogP contribution in [0.3, 0.4) is 0 Å². The first-order valence-corrected chi connectivity index (χ1v) is 17.4. The molecule has 3 aliphatic heterocycles. The zero-order chi connectivity index (χ0) is 39.3. The average molecular weight is 755 g/mol. The van der Waals surface area contributed by atoms with Crippen molar-refractivity contribution < 1.29 is 88.1 Å². The molecule has 3 saturated heterocycles. The molecule has 16 unspecified atom stereocenters. The van der Waals surface area contributed by atoms with Crippen LogP contribution in [0.5, 0.6) is 0 Å². The highest BCUT2D eigenvalue weighted by Gasteiger charge is 2.85. The summed E-state index contributed by atoms with van der Waals surface area (Å²) in [6, 6.07) is 0. The summed E-state index contributed by atoms with van der Waals surface area (Å²) in [7, 11) is 0. The van der Waals surface area contributed by atoms with Gasteiger partial charge in [0.1, 0.15) is 42.2 Å². The van der Waals surface area contributed by atoms with Crippen molar-refractivity contribution in [3.63, 3.8) is 0 Å². The van der Waals surface area contributed by atoms with Gasteiger partial charge in [-0.2, -0.15) is 0 Å². The fraction of sp³-hybridized carbons (Fsp3) is 0.743. The Morgan fingerprint density at radius 3 is 2.28 bits per heavy atom. The Labute approximate surface area is 303 Å². The zero-order valence-corrected chi connectivity index (χ0v) is 29.9. The minimum Gasteiger partial charge on any atom is -0.479 e. The third-order valence-corrected chi connectivity index (χ3v) is 12.7. The van der Waals surface area contributed by atoms with E-state index in [1.807, 2.05) is 0 Å². The van der Waals surface area contributed by atoms with Crippen molar-refractivity contribution in [3.8, 4) is 0 Å². The summed E-state index contributed by atoms with van der Waals surface area (Å²) in [5, 5.41) is 75.3. The van der Waals surface area contributed by atoms with E-state index in [4.69, 9.17) is 28.4 Å². The number of carbonyl (C=O) groups excluding carboxylic acids is 4. The lowest BCUT2D eigenvalue weighted by atomic mass is 9.38. The van der Waals surface area contributed by atoms with Gasteiger partial charge in [-0.05, 0) is 50.2 Å². The minimum atomic E-state index is -2.66. The number of carboxylic acids is 1. The number of hydrogen-bond donors (Lipinski definition) is 7. The van der Waals surface area contributed by atoms with Crippen LogP contribution >= 0.6 is 0 Å². The highest BCUT2D eigenvalue weighted by Crippen LogP contribution is 2.72. The topological polar surface area (TPSA) is 282 Å². The molecule has 6 aliphatic rings. The van der Waals surface area contributed by atoms with Gasteiger partial charge in [0, 0.05) is 30.3 Å². The number of allylic oxidation sites excluding steroid dienone is 2. The van der Waals surface area contributed by atoms with E-state index in [9.17, 15) is 59.7 Å². The van der Waals surface area contributed by atoms with Gasteiger partial charge in [-0.15, -0.1) is 0 Å². The summed E-state index contributed by atoms with van der Waals surface area (Å²) in [5.74, 6) is -10.1. The van der Waals surface area contributed by atoms with Crippen LogP contribution in [0.1, 0.15) is 48.0 Å². The second-order valence-electron chi connectivity index (χ2n) is 15.8. The number of aliphatic carboxylic acids is 1. The molecular weight excluding hydrogens is 708 g/mol. The molecule has 53 heavy (non-hydrogen) atoms. The SMILES string of the molecule is CC(=O)OC(C)(C)/C(C)=C/C(=O)OC1C(=O)OC2CC3C(C)C(=O)C(OC4OC(CO)C(O)C(O)C4O)=CC3(C)C3C(O)C(O)C4(C(=O)O)OCC23C14. The molecule has 1 spiro atoms. The Hall–Kier alpha value is -3.49. The lowest BCUT2D eigenvalue weighted by Crippen LogP contribution is -2.79. The van der Waals surface area contributed by atoms with Crippen molar-refractivity contribution in [2.45, 2.75) is 114 Å². The molecule has 2 bridgehead atoms. The molecule has 6 rings (SSSR count). The fourth-order valence-electron chi connectivity index (χ4n) is 9.98. The Balaban J connectivity index is 1.44. The molecule has 16 atom stereocenters. The predicted molar refractivity (Wildman–Crippen MR) is 170 cm³/mol. The first-order chi connectivity index (χ1) is 24.6. The van der Waals surface area contributed by atoms with Crippen molar-refractivity contribution in [2.24, 2.45) is 34.5 Å². The van der Waals surface area contributed by atoms with E-state index < -0.39 is 144 Å². The summed E-state index contributed by atoms with van der Waals surface area (Å²) >= 11 is 0. The number of Topliss-reactive ketones (excluding diaryl/α,β-unsaturated/α-hetero) is 1. The van der Waals surface area contributed by atoms with Gasteiger partial charge < -0.3 is 64.2 Å². The number of carboxylic acid groups (broad SMARTS) is 1. The zero-order valence-electron chi connectivity index (χ0n) is 29.9. The fourth-order valence-corrected chi connectivity index (χ4v) is 9.98. The van der Waals surface area contributed by atoms with Crippen molar-refractivity contribution >= 4 is 29.7 Å². The van der Waals surface area contributed by atoms with Crippen LogP contribution in [0.15, 0.2) is 23.5 Å². The number of carbonyl (C=O) groups is 5. The maximum atomic E-state index is 13.8. The summed E-state index contributed by atoms with van der Waals surface area (Å²) in [6.45, 7) is 7.65. The van der Waals surface area contributed by atoms with Gasteiger partial charge in [-0.25, -0.2) is 14.4 Å². The van der Waals surface area contributed by atoms with E-state index in [0.29, 0.717) is 0 Å². The van der Waals surface area contributed by atoms with E-state index in [2.05, 4.69) is 0 Å². The van der Waals surface area contributed by atoms with Crippen molar-refractivity contribution in [2.75, 3.05) is 13.2 Å². The molecule has 3 aliphatic carbocycles. The Kier molecular flexibility index (Phi) is 9.67. The first kappa shape index (κ1) is 39.2. The van der Waals surface area contributed by atoms with E-state index >= 15 is 0 Å². The number of hydrogen-bond acceptors (Lipinski definition) is 17. The maximum Gasteiger partial charge on any atom is 0.348 e. The second-order valence-corrected chi connectivity index (χ2v) is 15.8. The Bertz CT molecular complexity index is 1640. The van der Waals surface area contributed by atoms with Gasteiger partial charge in [0.25, 0.3) is 0 Å². The molecule has 7 N–H and O–H groups in total. The summed E-state index contributed by atoms with van der Waals surface area (Å²) in [6.07, 6.45) is -13.5. The predicted octanol–water partition coefficient (Wildman–Crippen LogP) is -2.14. The molecule has 0 amide bonds. The van der Waals surface area contributed by atoms with Gasteiger partial charge in [0.2, 0.25) is 18.0 Å². The third-order valence-electron chi connectivity index (χ3n) is 12.7. The molecule has 294 valence electrons. The molecule has 0 aromatic carbocycles. The first-order valence-electron chi connectivity index (χ1n) is 17.4. The van der Waals surface area contributed by atoms with Gasteiger partial charge in [-0.3, -0.25) is 9.59 Å². The number of ether oxygens (including phenoxy) is 6. The van der Waals surface area contributed by atoms with Gasteiger partial charge in [-0.1, -0.05) is 13.8 Å². The number of aliphatic hydroxyl groups excluding tert-OH is 6. The minimum absolute atomic E-state index is 0.0515. The summed E-state index contributed by atoms with van der Waals surface area (Å²) in [5.41, 5.74) is -6.73. The average Bonchev–Trinajstić information content (AvgIpc) is 3.38. The van der Waals surface area contributed by atoms with E-state index in [-0.39, 0.29) is 17.8 Å². The van der Waals surface area contributed by atoms with Crippen LogP contribution in [-0.4, -0.2) is 145 Å². The summed E-state index contributed by atoms with van der Waals surface area (Å²) < 4.78 is 34.1.